The number of hydrogen-bond acceptors (Lipinski definition) is 2. The first-order valence-electron chi connectivity index (χ1n) is 8.21. The second-order valence-electron chi connectivity index (χ2n) is 7.20. The second kappa shape index (κ2) is 5.77. The summed E-state index contributed by atoms with van der Waals surface area (Å²) in [6.45, 7) is 10.8. The molecule has 2 nitrogen and oxygen atoms in total. The lowest BCUT2D eigenvalue weighted by Crippen LogP contribution is -2.39. The Labute approximate surface area is 123 Å². The molecular formula is C18H28N2. The molecule has 0 aliphatic carbocycles. The summed E-state index contributed by atoms with van der Waals surface area (Å²) < 4.78 is 0. The quantitative estimate of drug-likeness (QED) is 0.905. The molecule has 20 heavy (non-hydrogen) atoms. The standard InChI is InChI=1S/C18H28N2/c1-13-8-14(2)12-20(11-13)7-6-16-4-5-18-17(10-16)9-15(3)19-18/h4-5,10,13-15,19H,6-9,11-12H2,1-3H3. The maximum absolute atomic E-state index is 3.53. The molecule has 1 N–H and O–H groups in total. The highest BCUT2D eigenvalue weighted by atomic mass is 15.1. The third-order valence-corrected chi connectivity index (χ3v) is 4.76. The van der Waals surface area contributed by atoms with Crippen LogP contribution in [0.25, 0.3) is 0 Å². The molecule has 2 heterocycles. The largest absolute Gasteiger partial charge is 0.382 e. The summed E-state index contributed by atoms with van der Waals surface area (Å²) in [6, 6.07) is 7.60. The first kappa shape index (κ1) is 13.9. The number of likely N-dealkylation sites (tertiary alicyclic amines) is 1. The highest BCUT2D eigenvalue weighted by Gasteiger charge is 2.21. The third kappa shape index (κ3) is 3.17. The summed E-state index contributed by atoms with van der Waals surface area (Å²) in [5.74, 6) is 1.73. The lowest BCUT2D eigenvalue weighted by Gasteiger charge is -2.35. The maximum Gasteiger partial charge on any atom is 0.0375 e. The van der Waals surface area contributed by atoms with E-state index in [0.717, 1.165) is 11.8 Å². The SMILES string of the molecule is CC1CC(C)CN(CCc2ccc3c(c2)CC(C)N3)C1. The fourth-order valence-electron chi connectivity index (χ4n) is 4.02. The molecule has 0 saturated carbocycles. The molecule has 0 amide bonds. The molecule has 0 radical (unpaired) electrons. The molecule has 1 fully saturated rings. The van der Waals surface area contributed by atoms with Crippen molar-refractivity contribution in [3.63, 3.8) is 0 Å². The van der Waals surface area contributed by atoms with Gasteiger partial charge in [0.1, 0.15) is 0 Å². The average molecular weight is 272 g/mol. The highest BCUT2D eigenvalue weighted by Crippen LogP contribution is 2.27. The molecule has 1 aromatic carbocycles. The number of rotatable bonds is 3. The third-order valence-electron chi connectivity index (χ3n) is 4.76. The Morgan fingerprint density at radius 1 is 1.15 bits per heavy atom. The van der Waals surface area contributed by atoms with Gasteiger partial charge in [-0.3, -0.25) is 0 Å². The molecule has 1 saturated heterocycles. The van der Waals surface area contributed by atoms with Crippen molar-refractivity contribution in [2.24, 2.45) is 11.8 Å². The van der Waals surface area contributed by atoms with Crippen LogP contribution >= 0.6 is 0 Å². The van der Waals surface area contributed by atoms with Gasteiger partial charge in [-0.15, -0.1) is 0 Å². The van der Waals surface area contributed by atoms with Gasteiger partial charge in [0.15, 0.2) is 0 Å². The van der Waals surface area contributed by atoms with Crippen molar-refractivity contribution in [1.82, 2.24) is 4.90 Å². The molecule has 1 aromatic rings. The lowest BCUT2D eigenvalue weighted by molar-refractivity contribution is 0.142. The number of benzene rings is 1. The van der Waals surface area contributed by atoms with Crippen LogP contribution in [0.3, 0.4) is 0 Å². The van der Waals surface area contributed by atoms with Gasteiger partial charge in [-0.05, 0) is 55.2 Å². The lowest BCUT2D eigenvalue weighted by atomic mass is 9.91. The summed E-state index contributed by atoms with van der Waals surface area (Å²) >= 11 is 0. The van der Waals surface area contributed by atoms with E-state index in [2.05, 4.69) is 49.2 Å². The molecule has 2 aliphatic heterocycles. The molecular weight excluding hydrogens is 244 g/mol. The van der Waals surface area contributed by atoms with Crippen LogP contribution in [-0.2, 0) is 12.8 Å². The van der Waals surface area contributed by atoms with E-state index in [4.69, 9.17) is 0 Å². The predicted molar refractivity (Wildman–Crippen MR) is 86.3 cm³/mol. The summed E-state index contributed by atoms with van der Waals surface area (Å²) in [4.78, 5) is 2.66. The van der Waals surface area contributed by atoms with Crippen molar-refractivity contribution in [2.75, 3.05) is 25.0 Å². The van der Waals surface area contributed by atoms with Crippen LogP contribution in [0.2, 0.25) is 0 Å². The van der Waals surface area contributed by atoms with Crippen LogP contribution in [0, 0.1) is 11.8 Å². The van der Waals surface area contributed by atoms with Crippen molar-refractivity contribution in [3.8, 4) is 0 Å². The minimum atomic E-state index is 0.601. The highest BCUT2D eigenvalue weighted by molar-refractivity contribution is 5.57. The number of nitrogens with zero attached hydrogens (tertiary/aromatic N) is 1. The summed E-state index contributed by atoms with van der Waals surface area (Å²) in [6.07, 6.45) is 3.78. The van der Waals surface area contributed by atoms with E-state index in [0.29, 0.717) is 6.04 Å². The minimum Gasteiger partial charge on any atom is -0.382 e. The molecule has 2 heteroatoms. The average Bonchev–Trinajstić information content (AvgIpc) is 2.74. The summed E-state index contributed by atoms with van der Waals surface area (Å²) in [5, 5.41) is 3.53. The van der Waals surface area contributed by atoms with Gasteiger partial charge in [0.05, 0.1) is 0 Å². The van der Waals surface area contributed by atoms with E-state index in [1.165, 1.54) is 55.7 Å². The normalized spacial score (nSPS) is 30.1. The number of hydrogen-bond donors (Lipinski definition) is 1. The van der Waals surface area contributed by atoms with Crippen LogP contribution in [0.15, 0.2) is 18.2 Å². The molecule has 0 aromatic heterocycles. The number of anilines is 1. The predicted octanol–water partition coefficient (Wildman–Crippen LogP) is 3.56. The molecule has 3 unspecified atom stereocenters. The Bertz CT molecular complexity index is 458. The van der Waals surface area contributed by atoms with Crippen LogP contribution in [-0.4, -0.2) is 30.6 Å². The van der Waals surface area contributed by atoms with Gasteiger partial charge >= 0.3 is 0 Å². The van der Waals surface area contributed by atoms with Crippen molar-refractivity contribution in [3.05, 3.63) is 29.3 Å². The van der Waals surface area contributed by atoms with Crippen molar-refractivity contribution in [1.29, 1.82) is 0 Å². The van der Waals surface area contributed by atoms with E-state index in [-0.39, 0.29) is 0 Å². The van der Waals surface area contributed by atoms with Crippen LogP contribution < -0.4 is 5.32 Å². The number of fused-ring (bicyclic) bond motifs is 1. The first-order chi connectivity index (χ1) is 9.60. The maximum atomic E-state index is 3.53. The fourth-order valence-corrected chi connectivity index (χ4v) is 4.02. The second-order valence-corrected chi connectivity index (χ2v) is 7.20. The molecule has 3 atom stereocenters. The fraction of sp³-hybridized carbons (Fsp3) is 0.667. The van der Waals surface area contributed by atoms with Gasteiger partial charge in [-0.25, -0.2) is 0 Å². The Morgan fingerprint density at radius 2 is 1.90 bits per heavy atom. The monoisotopic (exact) mass is 272 g/mol. The molecule has 3 rings (SSSR count). The first-order valence-corrected chi connectivity index (χ1v) is 8.21. The Morgan fingerprint density at radius 3 is 2.65 bits per heavy atom. The van der Waals surface area contributed by atoms with Gasteiger partial charge in [-0.2, -0.15) is 0 Å². The molecule has 0 spiro atoms. The van der Waals surface area contributed by atoms with Crippen molar-refractivity contribution in [2.45, 2.75) is 46.1 Å². The molecule has 2 aliphatic rings. The van der Waals surface area contributed by atoms with Crippen molar-refractivity contribution >= 4 is 5.69 Å². The zero-order chi connectivity index (χ0) is 14.1. The Balaban J connectivity index is 1.58. The van der Waals surface area contributed by atoms with Gasteiger partial charge in [0.25, 0.3) is 0 Å². The van der Waals surface area contributed by atoms with E-state index < -0.39 is 0 Å². The van der Waals surface area contributed by atoms with Crippen LogP contribution in [0.1, 0.15) is 38.3 Å². The molecule has 0 bridgehead atoms. The summed E-state index contributed by atoms with van der Waals surface area (Å²) in [7, 11) is 0. The minimum absolute atomic E-state index is 0.601. The zero-order valence-electron chi connectivity index (χ0n) is 13.2. The van der Waals surface area contributed by atoms with E-state index in [1.54, 1.807) is 0 Å². The smallest absolute Gasteiger partial charge is 0.0375 e. The zero-order valence-corrected chi connectivity index (χ0v) is 13.2. The summed E-state index contributed by atoms with van der Waals surface area (Å²) in [5.41, 5.74) is 4.36. The Hall–Kier alpha value is -1.02. The molecule has 110 valence electrons. The number of piperidine rings is 1. The van der Waals surface area contributed by atoms with Gasteiger partial charge < -0.3 is 10.2 Å². The number of nitrogens with one attached hydrogen (secondary N) is 1. The van der Waals surface area contributed by atoms with E-state index in [1.807, 2.05) is 0 Å². The van der Waals surface area contributed by atoms with E-state index >= 15 is 0 Å². The Kier molecular flexibility index (Phi) is 4.02. The topological polar surface area (TPSA) is 15.3 Å². The van der Waals surface area contributed by atoms with Gasteiger partial charge in [-0.1, -0.05) is 26.0 Å². The van der Waals surface area contributed by atoms with Crippen LogP contribution in [0.5, 0.6) is 0 Å². The van der Waals surface area contributed by atoms with Crippen LogP contribution in [0.4, 0.5) is 5.69 Å². The van der Waals surface area contributed by atoms with Gasteiger partial charge in [0.2, 0.25) is 0 Å². The van der Waals surface area contributed by atoms with Gasteiger partial charge in [0, 0.05) is 31.4 Å². The van der Waals surface area contributed by atoms with E-state index in [9.17, 15) is 0 Å². The van der Waals surface area contributed by atoms with Crippen molar-refractivity contribution < 1.29 is 0 Å².